The number of aryl methyl sites for hydroxylation is 2. The van der Waals surface area contributed by atoms with Crippen LogP contribution < -0.4 is 0 Å². The Bertz CT molecular complexity index is 762. The molecule has 102 valence electrons. The number of alkyl halides is 1. The lowest BCUT2D eigenvalue weighted by Crippen LogP contribution is -2.02. The molecule has 1 aromatic heterocycles. The predicted octanol–water partition coefficient (Wildman–Crippen LogP) is 4.77. The fourth-order valence-electron chi connectivity index (χ4n) is 2.39. The normalized spacial score (nSPS) is 11.2. The molecule has 3 rings (SSSR count). The number of benzene rings is 2. The van der Waals surface area contributed by atoms with Gasteiger partial charge in [-0.15, -0.1) is 11.6 Å². The maximum Gasteiger partial charge on any atom is 0.115 e. The van der Waals surface area contributed by atoms with Crippen LogP contribution in [0.1, 0.15) is 11.4 Å². The molecule has 3 aromatic rings. The summed E-state index contributed by atoms with van der Waals surface area (Å²) in [5.41, 5.74) is 4.18. The van der Waals surface area contributed by atoms with Crippen LogP contribution in [0, 0.1) is 6.92 Å². The van der Waals surface area contributed by atoms with Gasteiger partial charge in [0.05, 0.1) is 21.7 Å². The van der Waals surface area contributed by atoms with E-state index >= 15 is 0 Å². The number of rotatable bonds is 3. The van der Waals surface area contributed by atoms with E-state index in [1.165, 1.54) is 5.56 Å². The Kier molecular flexibility index (Phi) is 3.68. The first-order chi connectivity index (χ1) is 9.70. The molecule has 2 aromatic carbocycles. The number of imidazole rings is 1. The molecule has 0 bridgehead atoms. The Morgan fingerprint density at radius 2 is 1.95 bits per heavy atom. The molecule has 0 radical (unpaired) electrons. The van der Waals surface area contributed by atoms with Crippen LogP contribution in [-0.2, 0) is 6.42 Å². The van der Waals surface area contributed by atoms with Gasteiger partial charge in [-0.1, -0.05) is 29.8 Å². The van der Waals surface area contributed by atoms with E-state index in [1.807, 2.05) is 30.3 Å². The minimum atomic E-state index is 0.534. The second-order valence-electron chi connectivity index (χ2n) is 4.75. The molecule has 0 fully saturated rings. The van der Waals surface area contributed by atoms with Crippen LogP contribution in [0.4, 0.5) is 0 Å². The lowest BCUT2D eigenvalue weighted by atomic mass is 10.2. The van der Waals surface area contributed by atoms with E-state index in [2.05, 4.69) is 28.6 Å². The summed E-state index contributed by atoms with van der Waals surface area (Å²) in [6, 6.07) is 14.0. The van der Waals surface area contributed by atoms with E-state index in [4.69, 9.17) is 23.2 Å². The fourth-order valence-corrected chi connectivity index (χ4v) is 2.78. The van der Waals surface area contributed by atoms with E-state index in [-0.39, 0.29) is 0 Å². The third kappa shape index (κ3) is 2.30. The Labute approximate surface area is 128 Å². The highest BCUT2D eigenvalue weighted by Gasteiger charge is 2.14. The molecule has 0 unspecified atom stereocenters. The van der Waals surface area contributed by atoms with Crippen molar-refractivity contribution in [3.8, 4) is 5.69 Å². The Balaban J connectivity index is 2.34. The molecule has 1 heterocycles. The van der Waals surface area contributed by atoms with Gasteiger partial charge < -0.3 is 0 Å². The van der Waals surface area contributed by atoms with Crippen LogP contribution in [0.25, 0.3) is 16.7 Å². The first-order valence-electron chi connectivity index (χ1n) is 6.49. The summed E-state index contributed by atoms with van der Waals surface area (Å²) >= 11 is 12.3. The first-order valence-corrected chi connectivity index (χ1v) is 7.41. The van der Waals surface area contributed by atoms with Crippen molar-refractivity contribution in [2.45, 2.75) is 13.3 Å². The van der Waals surface area contributed by atoms with Crippen molar-refractivity contribution in [1.82, 2.24) is 9.55 Å². The van der Waals surface area contributed by atoms with Crippen LogP contribution in [-0.4, -0.2) is 15.4 Å². The topological polar surface area (TPSA) is 17.8 Å². The molecule has 0 spiro atoms. The van der Waals surface area contributed by atoms with Crippen LogP contribution in [0.3, 0.4) is 0 Å². The van der Waals surface area contributed by atoms with E-state index in [0.29, 0.717) is 17.3 Å². The Morgan fingerprint density at radius 1 is 1.15 bits per heavy atom. The van der Waals surface area contributed by atoms with Crippen LogP contribution in [0.2, 0.25) is 5.02 Å². The minimum absolute atomic E-state index is 0.534. The summed E-state index contributed by atoms with van der Waals surface area (Å²) in [6.45, 7) is 2.07. The van der Waals surface area contributed by atoms with Crippen molar-refractivity contribution in [3.63, 3.8) is 0 Å². The third-order valence-corrected chi connectivity index (χ3v) is 3.80. The summed E-state index contributed by atoms with van der Waals surface area (Å²) < 4.78 is 2.10. The standard InChI is InChI=1S/C16H14Cl2N2/c1-11-6-7-13-15(10-11)20(16(19-13)8-9-17)14-5-3-2-4-12(14)18/h2-7,10H,8-9H2,1H3. The maximum absolute atomic E-state index is 6.35. The zero-order chi connectivity index (χ0) is 14.1. The lowest BCUT2D eigenvalue weighted by Gasteiger charge is -2.10. The number of nitrogens with zero attached hydrogens (tertiary/aromatic N) is 2. The summed E-state index contributed by atoms with van der Waals surface area (Å²) in [4.78, 5) is 4.68. The lowest BCUT2D eigenvalue weighted by molar-refractivity contribution is 0.912. The molecule has 2 nitrogen and oxygen atoms in total. The van der Waals surface area contributed by atoms with E-state index in [0.717, 1.165) is 22.5 Å². The molecule has 0 atom stereocenters. The average Bonchev–Trinajstić information content (AvgIpc) is 2.77. The molecule has 0 aliphatic heterocycles. The van der Waals surface area contributed by atoms with Gasteiger partial charge >= 0.3 is 0 Å². The van der Waals surface area contributed by atoms with Gasteiger partial charge in [0, 0.05) is 12.3 Å². The van der Waals surface area contributed by atoms with Gasteiger partial charge in [0.15, 0.2) is 0 Å². The molecule has 0 aliphatic rings. The summed E-state index contributed by atoms with van der Waals surface area (Å²) in [7, 11) is 0. The Morgan fingerprint density at radius 3 is 2.70 bits per heavy atom. The summed E-state index contributed by atoms with van der Waals surface area (Å²) in [6.07, 6.45) is 0.709. The zero-order valence-corrected chi connectivity index (χ0v) is 12.6. The molecule has 0 N–H and O–H groups in total. The minimum Gasteiger partial charge on any atom is -0.295 e. The molecule has 0 aliphatic carbocycles. The van der Waals surface area contributed by atoms with Gasteiger partial charge in [0.1, 0.15) is 5.82 Å². The molecule has 0 amide bonds. The third-order valence-electron chi connectivity index (χ3n) is 3.29. The first kappa shape index (κ1) is 13.5. The van der Waals surface area contributed by atoms with Crippen molar-refractivity contribution in [3.05, 3.63) is 58.9 Å². The van der Waals surface area contributed by atoms with Crippen LogP contribution in [0.5, 0.6) is 0 Å². The van der Waals surface area contributed by atoms with E-state index < -0.39 is 0 Å². The molecular formula is C16H14Cl2N2. The van der Waals surface area contributed by atoms with E-state index in [1.54, 1.807) is 0 Å². The number of hydrogen-bond acceptors (Lipinski definition) is 1. The molecule has 20 heavy (non-hydrogen) atoms. The molecule has 0 saturated heterocycles. The van der Waals surface area contributed by atoms with Crippen molar-refractivity contribution in [1.29, 1.82) is 0 Å². The SMILES string of the molecule is Cc1ccc2nc(CCCl)n(-c3ccccc3Cl)c2c1. The number of para-hydroxylation sites is 1. The van der Waals surface area contributed by atoms with E-state index in [9.17, 15) is 0 Å². The van der Waals surface area contributed by atoms with Crippen LogP contribution >= 0.6 is 23.2 Å². The average molecular weight is 305 g/mol. The highest BCUT2D eigenvalue weighted by molar-refractivity contribution is 6.32. The van der Waals surface area contributed by atoms with Gasteiger partial charge in [0.25, 0.3) is 0 Å². The van der Waals surface area contributed by atoms with Gasteiger partial charge in [-0.2, -0.15) is 0 Å². The maximum atomic E-state index is 6.35. The number of hydrogen-bond donors (Lipinski definition) is 0. The summed E-state index contributed by atoms with van der Waals surface area (Å²) in [5.74, 6) is 1.47. The van der Waals surface area contributed by atoms with Gasteiger partial charge in [-0.05, 0) is 36.8 Å². The number of fused-ring (bicyclic) bond motifs is 1. The highest BCUT2D eigenvalue weighted by atomic mass is 35.5. The molecule has 0 saturated carbocycles. The van der Waals surface area contributed by atoms with Crippen LogP contribution in [0.15, 0.2) is 42.5 Å². The highest BCUT2D eigenvalue weighted by Crippen LogP contribution is 2.27. The number of halogens is 2. The second-order valence-corrected chi connectivity index (χ2v) is 5.53. The predicted molar refractivity (Wildman–Crippen MR) is 85.2 cm³/mol. The van der Waals surface area contributed by atoms with Crippen molar-refractivity contribution < 1.29 is 0 Å². The Hall–Kier alpha value is -1.51. The van der Waals surface area contributed by atoms with Crippen molar-refractivity contribution in [2.24, 2.45) is 0 Å². The van der Waals surface area contributed by atoms with Gasteiger partial charge in [-0.25, -0.2) is 4.98 Å². The quantitative estimate of drug-likeness (QED) is 0.637. The van der Waals surface area contributed by atoms with Gasteiger partial charge in [-0.3, -0.25) is 4.57 Å². The number of aromatic nitrogens is 2. The van der Waals surface area contributed by atoms with Crippen molar-refractivity contribution in [2.75, 3.05) is 5.88 Å². The zero-order valence-electron chi connectivity index (χ0n) is 11.1. The smallest absolute Gasteiger partial charge is 0.115 e. The van der Waals surface area contributed by atoms with Crippen molar-refractivity contribution >= 4 is 34.2 Å². The largest absolute Gasteiger partial charge is 0.295 e. The molecule has 4 heteroatoms. The van der Waals surface area contributed by atoms with Gasteiger partial charge in [0.2, 0.25) is 0 Å². The molecular weight excluding hydrogens is 291 g/mol. The second kappa shape index (κ2) is 5.47. The fraction of sp³-hybridized carbons (Fsp3) is 0.188. The monoisotopic (exact) mass is 304 g/mol. The summed E-state index contributed by atoms with van der Waals surface area (Å²) in [5, 5.41) is 0.712.